The van der Waals surface area contributed by atoms with E-state index in [1.807, 2.05) is 18.2 Å². The van der Waals surface area contributed by atoms with Gasteiger partial charge in [-0.25, -0.2) is 9.97 Å². The van der Waals surface area contributed by atoms with Crippen LogP contribution in [0.3, 0.4) is 0 Å². The quantitative estimate of drug-likeness (QED) is 0.660. The van der Waals surface area contributed by atoms with Crippen LogP contribution in [0.15, 0.2) is 41.5 Å². The van der Waals surface area contributed by atoms with Gasteiger partial charge in [-0.3, -0.25) is 9.59 Å². The number of aromatic nitrogens is 3. The molecule has 3 aromatic rings. The summed E-state index contributed by atoms with van der Waals surface area (Å²) in [6.07, 6.45) is 4.76. The molecule has 150 valence electrons. The van der Waals surface area contributed by atoms with Crippen LogP contribution in [0.5, 0.6) is 5.75 Å². The highest BCUT2D eigenvalue weighted by molar-refractivity contribution is 6.31. The van der Waals surface area contributed by atoms with E-state index < -0.39 is 0 Å². The van der Waals surface area contributed by atoms with E-state index >= 15 is 0 Å². The van der Waals surface area contributed by atoms with E-state index in [4.69, 9.17) is 16.3 Å². The Hall–Kier alpha value is -2.93. The number of likely N-dealkylation sites (tertiary alicyclic amines) is 1. The number of hydrogen-bond donors (Lipinski definition) is 0. The van der Waals surface area contributed by atoms with Gasteiger partial charge in [-0.15, -0.1) is 0 Å². The van der Waals surface area contributed by atoms with Crippen LogP contribution in [0.2, 0.25) is 5.02 Å². The molecule has 0 aliphatic carbocycles. The molecule has 0 unspecified atom stereocenters. The Bertz CT molecular complexity index is 1140. The molecule has 0 spiro atoms. The Morgan fingerprint density at radius 1 is 1.24 bits per heavy atom. The molecule has 0 saturated carbocycles. The Balaban J connectivity index is 1.50. The van der Waals surface area contributed by atoms with Crippen molar-refractivity contribution in [2.45, 2.75) is 18.8 Å². The summed E-state index contributed by atoms with van der Waals surface area (Å²) in [6.45, 7) is 1.23. The van der Waals surface area contributed by atoms with E-state index in [-0.39, 0.29) is 17.4 Å². The smallest absolute Gasteiger partial charge is 0.259 e. The summed E-state index contributed by atoms with van der Waals surface area (Å²) in [4.78, 5) is 35.6. The Morgan fingerprint density at radius 2 is 2.00 bits per heavy atom. The molecule has 8 heteroatoms. The first kappa shape index (κ1) is 19.4. The van der Waals surface area contributed by atoms with Gasteiger partial charge in [0.05, 0.1) is 17.7 Å². The highest BCUT2D eigenvalue weighted by Gasteiger charge is 2.27. The minimum atomic E-state index is -0.214. The van der Waals surface area contributed by atoms with Gasteiger partial charge in [0.25, 0.3) is 11.5 Å². The molecule has 1 fully saturated rings. The van der Waals surface area contributed by atoms with Gasteiger partial charge in [-0.2, -0.15) is 0 Å². The molecule has 7 nitrogen and oxygen atoms in total. The fourth-order valence-corrected chi connectivity index (χ4v) is 3.88. The van der Waals surface area contributed by atoms with Crippen LogP contribution in [0, 0.1) is 0 Å². The summed E-state index contributed by atoms with van der Waals surface area (Å²) in [7, 11) is 3.09. The summed E-state index contributed by atoms with van der Waals surface area (Å²) in [5.74, 6) is 0.447. The average Bonchev–Trinajstić information content (AvgIpc) is 2.74. The van der Waals surface area contributed by atoms with Crippen molar-refractivity contribution < 1.29 is 9.53 Å². The highest BCUT2D eigenvalue weighted by Crippen LogP contribution is 2.29. The molecule has 0 radical (unpaired) electrons. The Labute approximate surface area is 172 Å². The number of carbonyl (C=O) groups excluding carboxylic acids is 1. The van der Waals surface area contributed by atoms with Crippen LogP contribution in [0.4, 0.5) is 0 Å². The summed E-state index contributed by atoms with van der Waals surface area (Å²) in [6, 6.07) is 7.20. The molecule has 29 heavy (non-hydrogen) atoms. The summed E-state index contributed by atoms with van der Waals surface area (Å²) < 4.78 is 6.64. The molecule has 1 aliphatic heterocycles. The molecular weight excluding hydrogens is 392 g/mol. The third-order valence-electron chi connectivity index (χ3n) is 5.37. The minimum absolute atomic E-state index is 0.126. The van der Waals surface area contributed by atoms with Gasteiger partial charge in [0.2, 0.25) is 0 Å². The zero-order chi connectivity index (χ0) is 20.5. The minimum Gasteiger partial charge on any atom is -0.496 e. The van der Waals surface area contributed by atoms with Gasteiger partial charge in [0.15, 0.2) is 5.65 Å². The third kappa shape index (κ3) is 3.82. The van der Waals surface area contributed by atoms with Crippen LogP contribution < -0.4 is 10.3 Å². The van der Waals surface area contributed by atoms with Crippen LogP contribution in [0.1, 0.15) is 34.8 Å². The van der Waals surface area contributed by atoms with Crippen molar-refractivity contribution in [3.8, 4) is 5.75 Å². The second kappa shape index (κ2) is 7.83. The summed E-state index contributed by atoms with van der Waals surface area (Å²) >= 11 is 5.99. The van der Waals surface area contributed by atoms with Crippen LogP contribution in [-0.4, -0.2) is 45.5 Å². The number of hydrogen-bond acceptors (Lipinski definition) is 5. The van der Waals surface area contributed by atoms with Crippen molar-refractivity contribution in [1.82, 2.24) is 19.4 Å². The van der Waals surface area contributed by atoms with Crippen molar-refractivity contribution in [3.63, 3.8) is 0 Å². The standard InChI is InChI=1S/C21H21ClN4O3/c1-25-12-16(18(29-2)10-19(25)27)21(28)26-7-5-13(6-8-26)17-4-3-14-9-15(22)11-23-20(14)24-17/h3-4,9-13H,5-8H2,1-2H3. The maximum Gasteiger partial charge on any atom is 0.259 e. The van der Waals surface area contributed by atoms with Gasteiger partial charge in [-0.1, -0.05) is 11.6 Å². The lowest BCUT2D eigenvalue weighted by atomic mass is 9.92. The predicted octanol–water partition coefficient (Wildman–Crippen LogP) is 3.01. The lowest BCUT2D eigenvalue weighted by molar-refractivity contribution is 0.0707. The number of carbonyl (C=O) groups is 1. The maximum atomic E-state index is 13.0. The number of aryl methyl sites for hydroxylation is 1. The number of ether oxygens (including phenoxy) is 1. The number of rotatable bonds is 3. The van der Waals surface area contributed by atoms with Crippen LogP contribution in [-0.2, 0) is 7.05 Å². The number of pyridine rings is 3. The van der Waals surface area contributed by atoms with E-state index in [0.717, 1.165) is 23.9 Å². The largest absolute Gasteiger partial charge is 0.496 e. The van der Waals surface area contributed by atoms with Crippen molar-refractivity contribution in [3.05, 3.63) is 63.3 Å². The number of piperidine rings is 1. The molecule has 0 N–H and O–H groups in total. The maximum absolute atomic E-state index is 13.0. The van der Waals surface area contributed by atoms with E-state index in [1.54, 1.807) is 18.1 Å². The molecule has 4 heterocycles. The van der Waals surface area contributed by atoms with Gasteiger partial charge < -0.3 is 14.2 Å². The first-order chi connectivity index (χ1) is 14.0. The first-order valence-electron chi connectivity index (χ1n) is 9.42. The highest BCUT2D eigenvalue weighted by atomic mass is 35.5. The molecule has 3 aromatic heterocycles. The fraction of sp³-hybridized carbons (Fsp3) is 0.333. The number of methoxy groups -OCH3 is 1. The average molecular weight is 413 g/mol. The second-order valence-electron chi connectivity index (χ2n) is 7.21. The zero-order valence-corrected chi connectivity index (χ0v) is 17.0. The van der Waals surface area contributed by atoms with E-state index in [9.17, 15) is 9.59 Å². The lowest BCUT2D eigenvalue weighted by Crippen LogP contribution is -2.38. The monoisotopic (exact) mass is 412 g/mol. The molecular formula is C21H21ClN4O3. The topological polar surface area (TPSA) is 77.3 Å². The first-order valence-corrected chi connectivity index (χ1v) is 9.80. The summed E-state index contributed by atoms with van der Waals surface area (Å²) in [5.41, 5.74) is 1.85. The van der Waals surface area contributed by atoms with Crippen LogP contribution >= 0.6 is 11.6 Å². The van der Waals surface area contributed by atoms with Crippen molar-refractivity contribution >= 4 is 28.5 Å². The molecule has 0 bridgehead atoms. The molecule has 1 amide bonds. The lowest BCUT2D eigenvalue weighted by Gasteiger charge is -2.32. The van der Waals surface area contributed by atoms with E-state index in [2.05, 4.69) is 9.97 Å². The van der Waals surface area contributed by atoms with E-state index in [0.29, 0.717) is 35.1 Å². The molecule has 0 aromatic carbocycles. The fourth-order valence-electron chi connectivity index (χ4n) is 3.72. The summed E-state index contributed by atoms with van der Waals surface area (Å²) in [5, 5.41) is 1.50. The molecule has 4 rings (SSSR count). The Kier molecular flexibility index (Phi) is 5.24. The SMILES string of the molecule is COc1cc(=O)n(C)cc1C(=O)N1CCC(c2ccc3cc(Cl)cnc3n2)CC1. The predicted molar refractivity (Wildman–Crippen MR) is 111 cm³/mol. The van der Waals surface area contributed by atoms with Gasteiger partial charge >= 0.3 is 0 Å². The number of amides is 1. The van der Waals surface area contributed by atoms with Crippen molar-refractivity contribution in [2.75, 3.05) is 20.2 Å². The van der Waals surface area contributed by atoms with Gasteiger partial charge in [-0.05, 0) is 31.0 Å². The zero-order valence-electron chi connectivity index (χ0n) is 16.3. The van der Waals surface area contributed by atoms with Crippen molar-refractivity contribution in [2.24, 2.45) is 7.05 Å². The number of nitrogens with zero attached hydrogens (tertiary/aromatic N) is 4. The number of fused-ring (bicyclic) bond motifs is 1. The van der Waals surface area contributed by atoms with Crippen molar-refractivity contribution in [1.29, 1.82) is 0 Å². The van der Waals surface area contributed by atoms with Gasteiger partial charge in [0, 0.05) is 55.6 Å². The normalized spacial score (nSPS) is 14.9. The molecule has 1 saturated heterocycles. The second-order valence-corrected chi connectivity index (χ2v) is 7.64. The molecule has 1 aliphatic rings. The number of halogens is 1. The third-order valence-corrected chi connectivity index (χ3v) is 5.58. The van der Waals surface area contributed by atoms with Crippen LogP contribution in [0.25, 0.3) is 11.0 Å². The Morgan fingerprint density at radius 3 is 2.72 bits per heavy atom. The van der Waals surface area contributed by atoms with Gasteiger partial charge in [0.1, 0.15) is 5.75 Å². The molecule has 0 atom stereocenters. The van der Waals surface area contributed by atoms with E-state index in [1.165, 1.54) is 23.9 Å².